The minimum atomic E-state index is -3.27. The van der Waals surface area contributed by atoms with E-state index in [4.69, 9.17) is 8.92 Å². The summed E-state index contributed by atoms with van der Waals surface area (Å²) in [6, 6.07) is 0. The van der Waals surface area contributed by atoms with Gasteiger partial charge in [0.1, 0.15) is 5.60 Å². The Morgan fingerprint density at radius 1 is 0.613 bits per heavy atom. The fourth-order valence-electron chi connectivity index (χ4n) is 3.63. The lowest BCUT2D eigenvalue weighted by molar-refractivity contribution is -0.154. The highest BCUT2D eigenvalue weighted by Crippen LogP contribution is 2.15. The Morgan fingerprint density at radius 3 is 1.26 bits per heavy atom. The Bertz CT molecular complexity index is 523. The van der Waals surface area contributed by atoms with Crippen molar-refractivity contribution in [1.82, 2.24) is 0 Å². The fourth-order valence-corrected chi connectivity index (χ4v) is 4.05. The van der Waals surface area contributed by atoms with Crippen LogP contribution in [-0.2, 0) is 23.8 Å². The predicted molar refractivity (Wildman–Crippen MR) is 130 cm³/mol. The van der Waals surface area contributed by atoms with Crippen LogP contribution in [0.15, 0.2) is 0 Å². The average molecular weight is 463 g/mol. The largest absolute Gasteiger partial charge is 0.460 e. The molecule has 186 valence electrons. The van der Waals surface area contributed by atoms with Crippen molar-refractivity contribution in [3.63, 3.8) is 0 Å². The summed E-state index contributed by atoms with van der Waals surface area (Å²) in [5.41, 5.74) is -0.364. The number of esters is 1. The smallest absolute Gasteiger partial charge is 0.306 e. The molecule has 0 aliphatic carbocycles. The molecule has 5 nitrogen and oxygen atoms in total. The summed E-state index contributed by atoms with van der Waals surface area (Å²) in [6.45, 7) is 6.07. The van der Waals surface area contributed by atoms with Crippen molar-refractivity contribution >= 4 is 16.1 Å². The molecule has 0 amide bonds. The van der Waals surface area contributed by atoms with E-state index in [0.29, 0.717) is 13.0 Å². The summed E-state index contributed by atoms with van der Waals surface area (Å²) in [4.78, 5) is 11.6. The maximum Gasteiger partial charge on any atom is 0.306 e. The molecule has 0 aromatic heterocycles. The van der Waals surface area contributed by atoms with Crippen molar-refractivity contribution in [2.45, 2.75) is 142 Å². The van der Waals surface area contributed by atoms with Gasteiger partial charge >= 0.3 is 5.97 Å². The third kappa shape index (κ3) is 27.3. The van der Waals surface area contributed by atoms with Crippen LogP contribution < -0.4 is 0 Å². The van der Waals surface area contributed by atoms with Gasteiger partial charge in [-0.05, 0) is 33.6 Å². The SMILES string of the molecule is CC(C)(C)OC(=O)CCCCCCCCCCCCCCCCCCCOS(C)(=O)=O. The highest BCUT2D eigenvalue weighted by atomic mass is 32.2. The molecule has 0 rings (SSSR count). The van der Waals surface area contributed by atoms with Crippen molar-refractivity contribution < 1.29 is 22.1 Å². The molecular formula is C25H50O5S. The molecule has 0 aliphatic rings. The second-order valence-electron chi connectivity index (χ2n) is 9.87. The molecule has 6 heteroatoms. The Kier molecular flexibility index (Phi) is 18.5. The third-order valence-electron chi connectivity index (χ3n) is 5.24. The molecule has 0 fully saturated rings. The van der Waals surface area contributed by atoms with Crippen LogP contribution in [0.25, 0.3) is 0 Å². The molecular weight excluding hydrogens is 412 g/mol. The number of hydrogen-bond donors (Lipinski definition) is 0. The minimum Gasteiger partial charge on any atom is -0.460 e. The van der Waals surface area contributed by atoms with Gasteiger partial charge in [-0.15, -0.1) is 0 Å². The Morgan fingerprint density at radius 2 is 0.935 bits per heavy atom. The third-order valence-corrected chi connectivity index (χ3v) is 5.84. The van der Waals surface area contributed by atoms with E-state index in [1.54, 1.807) is 0 Å². The number of carbonyl (C=O) groups excluding carboxylic acids is 1. The maximum absolute atomic E-state index is 11.6. The number of hydrogen-bond acceptors (Lipinski definition) is 5. The second-order valence-corrected chi connectivity index (χ2v) is 11.5. The van der Waals surface area contributed by atoms with Gasteiger partial charge in [0.05, 0.1) is 12.9 Å². The quantitative estimate of drug-likeness (QED) is 0.101. The molecule has 0 saturated heterocycles. The first-order valence-corrected chi connectivity index (χ1v) is 14.5. The summed E-state index contributed by atoms with van der Waals surface area (Å²) >= 11 is 0. The van der Waals surface area contributed by atoms with Crippen molar-refractivity contribution in [3.8, 4) is 0 Å². The molecule has 31 heavy (non-hydrogen) atoms. The first-order valence-electron chi connectivity index (χ1n) is 12.7. The van der Waals surface area contributed by atoms with Gasteiger partial charge in [0.15, 0.2) is 0 Å². The topological polar surface area (TPSA) is 69.7 Å². The van der Waals surface area contributed by atoms with Gasteiger partial charge in [0.25, 0.3) is 10.1 Å². The van der Waals surface area contributed by atoms with Gasteiger partial charge in [0.2, 0.25) is 0 Å². The summed E-state index contributed by atoms with van der Waals surface area (Å²) in [7, 11) is -3.27. The zero-order valence-electron chi connectivity index (χ0n) is 20.9. The summed E-state index contributed by atoms with van der Waals surface area (Å²) in [5, 5.41) is 0. The minimum absolute atomic E-state index is 0.0652. The van der Waals surface area contributed by atoms with Gasteiger partial charge in [-0.1, -0.05) is 96.3 Å². The van der Waals surface area contributed by atoms with E-state index in [9.17, 15) is 13.2 Å². The monoisotopic (exact) mass is 462 g/mol. The highest BCUT2D eigenvalue weighted by molar-refractivity contribution is 7.85. The number of unbranched alkanes of at least 4 members (excludes halogenated alkanes) is 16. The molecule has 0 aromatic rings. The fraction of sp³-hybridized carbons (Fsp3) is 0.960. The zero-order chi connectivity index (χ0) is 23.4. The Labute approximate surface area is 193 Å². The lowest BCUT2D eigenvalue weighted by Gasteiger charge is -2.19. The standard InChI is InChI=1S/C25H50O5S/c1-25(2,3)30-24(26)22-20-18-16-14-12-10-8-6-5-7-9-11-13-15-17-19-21-23-29-31(4,27)28/h5-23H2,1-4H3. The molecule has 0 bridgehead atoms. The van der Waals surface area contributed by atoms with Crippen LogP contribution in [0.1, 0.15) is 136 Å². The lowest BCUT2D eigenvalue weighted by Crippen LogP contribution is -2.23. The summed E-state index contributed by atoms with van der Waals surface area (Å²) in [6.07, 6.45) is 22.6. The van der Waals surface area contributed by atoms with Gasteiger partial charge in [-0.2, -0.15) is 8.42 Å². The van der Waals surface area contributed by atoms with Gasteiger partial charge in [0, 0.05) is 6.42 Å². The van der Waals surface area contributed by atoms with Crippen LogP contribution in [0.5, 0.6) is 0 Å². The summed E-state index contributed by atoms with van der Waals surface area (Å²) < 4.78 is 31.7. The van der Waals surface area contributed by atoms with E-state index in [1.165, 1.54) is 83.5 Å². The normalized spacial score (nSPS) is 12.3. The van der Waals surface area contributed by atoms with E-state index >= 15 is 0 Å². The predicted octanol–water partition coefficient (Wildman–Crippen LogP) is 7.33. The zero-order valence-corrected chi connectivity index (χ0v) is 21.7. The van der Waals surface area contributed by atoms with Crippen LogP contribution in [0.4, 0.5) is 0 Å². The first-order chi connectivity index (χ1) is 14.6. The van der Waals surface area contributed by atoms with Gasteiger partial charge in [-0.25, -0.2) is 0 Å². The van der Waals surface area contributed by atoms with Crippen molar-refractivity contribution in [1.29, 1.82) is 0 Å². The van der Waals surface area contributed by atoms with Crippen molar-refractivity contribution in [3.05, 3.63) is 0 Å². The first kappa shape index (κ1) is 30.4. The van der Waals surface area contributed by atoms with E-state index in [0.717, 1.165) is 31.9 Å². The molecule has 0 heterocycles. The maximum atomic E-state index is 11.6. The van der Waals surface area contributed by atoms with Crippen LogP contribution in [0, 0.1) is 0 Å². The number of rotatable bonds is 21. The molecule has 0 unspecified atom stereocenters. The van der Waals surface area contributed by atoms with E-state index in [-0.39, 0.29) is 11.6 Å². The van der Waals surface area contributed by atoms with E-state index in [1.807, 2.05) is 20.8 Å². The molecule has 0 saturated carbocycles. The van der Waals surface area contributed by atoms with Crippen LogP contribution >= 0.6 is 0 Å². The molecule has 0 aliphatic heterocycles. The molecule has 0 spiro atoms. The number of carbonyl (C=O) groups is 1. The van der Waals surface area contributed by atoms with Crippen molar-refractivity contribution in [2.75, 3.05) is 12.9 Å². The molecule has 0 radical (unpaired) electrons. The van der Waals surface area contributed by atoms with Crippen molar-refractivity contribution in [2.24, 2.45) is 0 Å². The molecule has 0 aromatic carbocycles. The van der Waals surface area contributed by atoms with Gasteiger partial charge < -0.3 is 4.74 Å². The van der Waals surface area contributed by atoms with E-state index < -0.39 is 10.1 Å². The lowest BCUT2D eigenvalue weighted by atomic mass is 10.0. The summed E-state index contributed by atoms with van der Waals surface area (Å²) in [5.74, 6) is -0.0652. The molecule has 0 N–H and O–H groups in total. The Hall–Kier alpha value is -0.620. The molecule has 0 atom stereocenters. The van der Waals surface area contributed by atoms with Gasteiger partial charge in [-0.3, -0.25) is 8.98 Å². The number of ether oxygens (including phenoxy) is 1. The van der Waals surface area contributed by atoms with Crippen LogP contribution in [0.3, 0.4) is 0 Å². The van der Waals surface area contributed by atoms with Crippen LogP contribution in [0.2, 0.25) is 0 Å². The van der Waals surface area contributed by atoms with Crippen LogP contribution in [-0.4, -0.2) is 32.9 Å². The second kappa shape index (κ2) is 18.9. The highest BCUT2D eigenvalue weighted by Gasteiger charge is 2.15. The van der Waals surface area contributed by atoms with E-state index in [2.05, 4.69) is 0 Å². The average Bonchev–Trinajstić information content (AvgIpc) is 2.64. The Balaban J connectivity index is 3.16.